The third-order valence-corrected chi connectivity index (χ3v) is 4.04. The lowest BCUT2D eigenvalue weighted by Crippen LogP contribution is -2.24. The van der Waals surface area contributed by atoms with Gasteiger partial charge in [0.05, 0.1) is 14.2 Å². The summed E-state index contributed by atoms with van der Waals surface area (Å²) in [5.41, 5.74) is 8.60. The van der Waals surface area contributed by atoms with Crippen LogP contribution in [0.15, 0.2) is 30.3 Å². The van der Waals surface area contributed by atoms with E-state index in [1.807, 2.05) is 30.3 Å². The van der Waals surface area contributed by atoms with E-state index in [1.54, 1.807) is 14.2 Å². The highest BCUT2D eigenvalue weighted by molar-refractivity contribution is 6.31. The van der Waals surface area contributed by atoms with Gasteiger partial charge in [0.2, 0.25) is 0 Å². The van der Waals surface area contributed by atoms with Crippen molar-refractivity contribution in [1.29, 1.82) is 0 Å². The molecule has 22 heavy (non-hydrogen) atoms. The van der Waals surface area contributed by atoms with E-state index in [0.29, 0.717) is 23.1 Å². The number of hydrogen-bond donors (Lipinski definition) is 1. The van der Waals surface area contributed by atoms with Crippen LogP contribution in [0.2, 0.25) is 5.02 Å². The van der Waals surface area contributed by atoms with Crippen molar-refractivity contribution in [3.8, 4) is 28.4 Å². The number of para-hydroxylation sites is 1. The van der Waals surface area contributed by atoms with E-state index in [4.69, 9.17) is 31.5 Å². The molecule has 0 amide bonds. The number of fused-ring (bicyclic) bond motifs is 1. The molecule has 0 bridgehead atoms. The Morgan fingerprint density at radius 2 is 2.05 bits per heavy atom. The number of rotatable bonds is 4. The lowest BCUT2D eigenvalue weighted by atomic mass is 9.99. The normalized spacial score (nSPS) is 16.1. The van der Waals surface area contributed by atoms with E-state index in [2.05, 4.69) is 0 Å². The minimum atomic E-state index is -0.0104. The zero-order valence-corrected chi connectivity index (χ0v) is 13.3. The smallest absolute Gasteiger partial charge is 0.168 e. The molecule has 4 nitrogen and oxygen atoms in total. The molecule has 0 aliphatic carbocycles. The fraction of sp³-hybridized carbons (Fsp3) is 0.294. The highest BCUT2D eigenvalue weighted by atomic mass is 35.5. The molecule has 0 saturated carbocycles. The molecule has 0 aromatic heterocycles. The maximum absolute atomic E-state index is 6.28. The topological polar surface area (TPSA) is 53.7 Å². The summed E-state index contributed by atoms with van der Waals surface area (Å²) in [6, 6.07) is 9.56. The van der Waals surface area contributed by atoms with Gasteiger partial charge in [0.25, 0.3) is 0 Å². The van der Waals surface area contributed by atoms with E-state index in [-0.39, 0.29) is 6.10 Å². The zero-order chi connectivity index (χ0) is 15.7. The first-order valence-corrected chi connectivity index (χ1v) is 7.46. The molecule has 1 aliphatic heterocycles. The molecule has 1 heterocycles. The summed E-state index contributed by atoms with van der Waals surface area (Å²) in [5, 5.41) is 0.667. The number of benzene rings is 2. The van der Waals surface area contributed by atoms with Crippen LogP contribution in [0.25, 0.3) is 11.1 Å². The highest BCUT2D eigenvalue weighted by Gasteiger charge is 2.27. The molecule has 0 spiro atoms. The van der Waals surface area contributed by atoms with E-state index < -0.39 is 0 Å². The maximum Gasteiger partial charge on any atom is 0.168 e. The third kappa shape index (κ3) is 2.49. The largest absolute Gasteiger partial charge is 0.493 e. The summed E-state index contributed by atoms with van der Waals surface area (Å²) in [4.78, 5) is 0. The summed E-state index contributed by atoms with van der Waals surface area (Å²) in [5.74, 6) is 2.16. The SMILES string of the molecule is COc1cccc(-c2cc(Cl)cc3c2OC(CN)C3)c1OC. The molecule has 116 valence electrons. The Morgan fingerprint density at radius 1 is 1.23 bits per heavy atom. The molecule has 0 fully saturated rings. The Balaban J connectivity index is 2.19. The molecule has 1 unspecified atom stereocenters. The third-order valence-electron chi connectivity index (χ3n) is 3.82. The summed E-state index contributed by atoms with van der Waals surface area (Å²) in [7, 11) is 3.24. The lowest BCUT2D eigenvalue weighted by molar-refractivity contribution is 0.242. The molecule has 0 saturated heterocycles. The zero-order valence-electron chi connectivity index (χ0n) is 12.6. The van der Waals surface area contributed by atoms with Gasteiger partial charge in [-0.1, -0.05) is 23.7 Å². The lowest BCUT2D eigenvalue weighted by Gasteiger charge is -2.16. The van der Waals surface area contributed by atoms with Gasteiger partial charge in [0.1, 0.15) is 11.9 Å². The first kappa shape index (κ1) is 15.0. The molecule has 2 aromatic rings. The van der Waals surface area contributed by atoms with Crippen molar-refractivity contribution in [2.45, 2.75) is 12.5 Å². The molecule has 5 heteroatoms. The average molecular weight is 320 g/mol. The number of methoxy groups -OCH3 is 2. The molecule has 3 rings (SSSR count). The van der Waals surface area contributed by atoms with E-state index in [0.717, 1.165) is 28.9 Å². The van der Waals surface area contributed by atoms with Crippen LogP contribution in [0.1, 0.15) is 5.56 Å². The van der Waals surface area contributed by atoms with Gasteiger partial charge in [0.15, 0.2) is 11.5 Å². The van der Waals surface area contributed by atoms with Gasteiger partial charge in [-0.05, 0) is 23.8 Å². The molecule has 1 aliphatic rings. The first-order chi connectivity index (χ1) is 10.7. The summed E-state index contributed by atoms with van der Waals surface area (Å²) >= 11 is 6.28. The Morgan fingerprint density at radius 3 is 2.73 bits per heavy atom. The van der Waals surface area contributed by atoms with Crippen molar-refractivity contribution in [2.75, 3.05) is 20.8 Å². The van der Waals surface area contributed by atoms with Crippen molar-refractivity contribution in [1.82, 2.24) is 0 Å². The molecule has 0 radical (unpaired) electrons. The first-order valence-electron chi connectivity index (χ1n) is 7.08. The summed E-state index contributed by atoms with van der Waals surface area (Å²) in [6.45, 7) is 0.473. The Bertz CT molecular complexity index is 703. The van der Waals surface area contributed by atoms with Gasteiger partial charge < -0.3 is 19.9 Å². The van der Waals surface area contributed by atoms with Gasteiger partial charge in [-0.25, -0.2) is 0 Å². The Hall–Kier alpha value is -1.91. The minimum Gasteiger partial charge on any atom is -0.493 e. The summed E-state index contributed by atoms with van der Waals surface area (Å²) < 4.78 is 16.9. The molecular formula is C17H18ClNO3. The predicted molar refractivity (Wildman–Crippen MR) is 87.2 cm³/mol. The van der Waals surface area contributed by atoms with Crippen molar-refractivity contribution < 1.29 is 14.2 Å². The van der Waals surface area contributed by atoms with Gasteiger partial charge in [0, 0.05) is 29.1 Å². The fourth-order valence-electron chi connectivity index (χ4n) is 2.83. The standard InChI is InChI=1S/C17H18ClNO3/c1-20-15-5-3-4-13(17(15)21-2)14-8-11(18)6-10-7-12(9-19)22-16(10)14/h3-6,8,12H,7,9,19H2,1-2H3. The molecular weight excluding hydrogens is 302 g/mol. The van der Waals surface area contributed by atoms with E-state index in [1.165, 1.54) is 0 Å². The van der Waals surface area contributed by atoms with Crippen LogP contribution in [0.3, 0.4) is 0 Å². The second kappa shape index (κ2) is 6.07. The predicted octanol–water partition coefficient (Wildman–Crippen LogP) is 3.29. The van der Waals surface area contributed by atoms with Gasteiger partial charge in [-0.3, -0.25) is 0 Å². The second-order valence-electron chi connectivity index (χ2n) is 5.16. The van der Waals surface area contributed by atoms with Crippen LogP contribution in [0, 0.1) is 0 Å². The van der Waals surface area contributed by atoms with Crippen LogP contribution >= 0.6 is 11.6 Å². The van der Waals surface area contributed by atoms with Crippen molar-refractivity contribution in [2.24, 2.45) is 5.73 Å². The monoisotopic (exact) mass is 319 g/mol. The van der Waals surface area contributed by atoms with Crippen molar-refractivity contribution in [3.63, 3.8) is 0 Å². The van der Waals surface area contributed by atoms with Gasteiger partial charge in [-0.15, -0.1) is 0 Å². The van der Waals surface area contributed by atoms with Gasteiger partial charge >= 0.3 is 0 Å². The van der Waals surface area contributed by atoms with Crippen molar-refractivity contribution >= 4 is 11.6 Å². The number of hydrogen-bond acceptors (Lipinski definition) is 4. The summed E-state index contributed by atoms with van der Waals surface area (Å²) in [6.07, 6.45) is 0.759. The van der Waals surface area contributed by atoms with Crippen LogP contribution in [0.5, 0.6) is 17.2 Å². The van der Waals surface area contributed by atoms with E-state index >= 15 is 0 Å². The van der Waals surface area contributed by atoms with Crippen LogP contribution in [-0.4, -0.2) is 26.9 Å². The fourth-order valence-corrected chi connectivity index (χ4v) is 3.07. The Labute approximate surface area is 134 Å². The van der Waals surface area contributed by atoms with Crippen molar-refractivity contribution in [3.05, 3.63) is 40.9 Å². The number of nitrogens with two attached hydrogens (primary N) is 1. The number of halogens is 1. The molecule has 1 atom stereocenters. The average Bonchev–Trinajstić information content (AvgIpc) is 2.96. The second-order valence-corrected chi connectivity index (χ2v) is 5.60. The van der Waals surface area contributed by atoms with Crippen LogP contribution in [-0.2, 0) is 6.42 Å². The minimum absolute atomic E-state index is 0.0104. The number of ether oxygens (including phenoxy) is 3. The molecule has 2 N–H and O–H groups in total. The quantitative estimate of drug-likeness (QED) is 0.939. The Kier molecular flexibility index (Phi) is 4.14. The van der Waals surface area contributed by atoms with E-state index in [9.17, 15) is 0 Å². The van der Waals surface area contributed by atoms with Crippen LogP contribution in [0.4, 0.5) is 0 Å². The highest BCUT2D eigenvalue weighted by Crippen LogP contribution is 2.46. The molecule has 2 aromatic carbocycles. The maximum atomic E-state index is 6.28. The van der Waals surface area contributed by atoms with Gasteiger partial charge in [-0.2, -0.15) is 0 Å². The van der Waals surface area contributed by atoms with Crippen LogP contribution < -0.4 is 19.9 Å².